The molecule has 0 saturated heterocycles. The smallest absolute Gasteiger partial charge is 0.240 e. The summed E-state index contributed by atoms with van der Waals surface area (Å²) in [6.07, 6.45) is 3.31. The average molecular weight is 456 g/mol. The molecule has 0 unspecified atom stereocenters. The van der Waals surface area contributed by atoms with Crippen LogP contribution in [0, 0.1) is 5.82 Å². The predicted molar refractivity (Wildman–Crippen MR) is 113 cm³/mol. The van der Waals surface area contributed by atoms with Crippen LogP contribution in [0.25, 0.3) is 11.4 Å². The van der Waals surface area contributed by atoms with Gasteiger partial charge in [-0.15, -0.1) is 20.4 Å². The molecule has 4 N–H and O–H groups in total. The number of H-pyrrole nitrogens is 1. The lowest BCUT2D eigenvalue weighted by Gasteiger charge is -2.10. The minimum Gasteiger partial charge on any atom is -0.367 e. The minimum absolute atomic E-state index is 0.0401. The van der Waals surface area contributed by atoms with Gasteiger partial charge in [-0.25, -0.2) is 17.5 Å². The Morgan fingerprint density at radius 3 is 2.44 bits per heavy atom. The number of aromatic nitrogens is 7. The van der Waals surface area contributed by atoms with Gasteiger partial charge in [0.15, 0.2) is 5.82 Å². The molecule has 4 rings (SSSR count). The Morgan fingerprint density at radius 1 is 0.938 bits per heavy atom. The molecule has 0 bridgehead atoms. The van der Waals surface area contributed by atoms with Crippen LogP contribution in [0.2, 0.25) is 0 Å². The lowest BCUT2D eigenvalue weighted by molar-refractivity contribution is 0.582. The van der Waals surface area contributed by atoms with Crippen molar-refractivity contribution in [1.82, 2.24) is 40.5 Å². The summed E-state index contributed by atoms with van der Waals surface area (Å²) in [5, 5.41) is 27.0. The number of pyridine rings is 1. The highest BCUT2D eigenvalue weighted by atomic mass is 32.2. The maximum absolute atomic E-state index is 14.0. The number of hydrogen-bond donors (Lipinski definition) is 4. The zero-order chi connectivity index (χ0) is 22.4. The molecule has 0 spiro atoms. The number of aromatic amines is 1. The Kier molecular flexibility index (Phi) is 6.23. The molecule has 12 nitrogen and oxygen atoms in total. The van der Waals surface area contributed by atoms with Crippen molar-refractivity contribution in [3.63, 3.8) is 0 Å². The van der Waals surface area contributed by atoms with E-state index in [9.17, 15) is 12.8 Å². The summed E-state index contributed by atoms with van der Waals surface area (Å²) < 4.78 is 41.5. The van der Waals surface area contributed by atoms with Crippen molar-refractivity contribution in [3.8, 4) is 11.4 Å². The fourth-order valence-corrected chi connectivity index (χ4v) is 3.71. The van der Waals surface area contributed by atoms with Gasteiger partial charge in [-0.2, -0.15) is 5.21 Å². The maximum Gasteiger partial charge on any atom is 0.240 e. The fourth-order valence-electron chi connectivity index (χ4n) is 2.65. The second kappa shape index (κ2) is 9.40. The molecule has 0 atom stereocenters. The maximum atomic E-state index is 14.0. The number of benzene rings is 1. The van der Waals surface area contributed by atoms with Crippen molar-refractivity contribution >= 4 is 27.3 Å². The van der Waals surface area contributed by atoms with E-state index < -0.39 is 15.8 Å². The molecule has 0 aliphatic rings. The second-order valence-electron chi connectivity index (χ2n) is 6.37. The molecule has 0 saturated carbocycles. The van der Waals surface area contributed by atoms with Gasteiger partial charge in [-0.1, -0.05) is 0 Å². The first kappa shape index (κ1) is 21.2. The molecule has 3 heterocycles. The number of hydrogen-bond acceptors (Lipinski definition) is 10. The summed E-state index contributed by atoms with van der Waals surface area (Å²) in [4.78, 5) is 3.82. The Bertz CT molecular complexity index is 1270. The van der Waals surface area contributed by atoms with Gasteiger partial charge < -0.3 is 10.6 Å². The summed E-state index contributed by atoms with van der Waals surface area (Å²) >= 11 is 0. The van der Waals surface area contributed by atoms with E-state index in [1.165, 1.54) is 0 Å². The average Bonchev–Trinajstić information content (AvgIpc) is 3.33. The number of sulfonamides is 1. The van der Waals surface area contributed by atoms with Crippen LogP contribution in [0.1, 0.15) is 0 Å². The van der Waals surface area contributed by atoms with E-state index in [4.69, 9.17) is 0 Å². The molecule has 4 aromatic rings. The monoisotopic (exact) mass is 456 g/mol. The molecule has 0 fully saturated rings. The Labute approximate surface area is 181 Å². The van der Waals surface area contributed by atoms with Crippen LogP contribution in [-0.4, -0.2) is 57.3 Å². The van der Waals surface area contributed by atoms with Crippen LogP contribution in [-0.2, 0) is 10.0 Å². The topological polar surface area (TPSA) is 163 Å². The summed E-state index contributed by atoms with van der Waals surface area (Å²) in [5.74, 6) is 0.330. The van der Waals surface area contributed by atoms with Crippen LogP contribution in [0.15, 0.2) is 59.8 Å². The SMILES string of the molecule is O=S(=O)(NCCNc1ccc(Nc2ccncc2)nn1)c1ccc(F)c(-c2nn[nH]n2)c1. The summed E-state index contributed by atoms with van der Waals surface area (Å²) in [5.41, 5.74) is 0.753. The van der Waals surface area contributed by atoms with E-state index >= 15 is 0 Å². The van der Waals surface area contributed by atoms with Gasteiger partial charge in [0.1, 0.15) is 11.6 Å². The second-order valence-corrected chi connectivity index (χ2v) is 8.13. The van der Waals surface area contributed by atoms with E-state index in [1.807, 2.05) is 0 Å². The molecule has 0 radical (unpaired) electrons. The van der Waals surface area contributed by atoms with Gasteiger partial charge in [0, 0.05) is 31.2 Å². The summed E-state index contributed by atoms with van der Waals surface area (Å²) in [7, 11) is -3.88. The van der Waals surface area contributed by atoms with Gasteiger partial charge in [0.2, 0.25) is 15.8 Å². The van der Waals surface area contributed by atoms with Crippen molar-refractivity contribution in [2.75, 3.05) is 23.7 Å². The predicted octanol–water partition coefficient (Wildman–Crippen LogP) is 1.32. The molecule has 3 aromatic heterocycles. The van der Waals surface area contributed by atoms with Crippen LogP contribution in [0.4, 0.5) is 21.7 Å². The third kappa shape index (κ3) is 5.16. The number of nitrogens with one attached hydrogen (secondary N) is 4. The van der Waals surface area contributed by atoms with Crippen molar-refractivity contribution < 1.29 is 12.8 Å². The molecule has 0 aliphatic heterocycles. The first-order valence-corrected chi connectivity index (χ1v) is 10.8. The number of tetrazole rings is 1. The highest BCUT2D eigenvalue weighted by Crippen LogP contribution is 2.22. The Balaban J connectivity index is 1.31. The molecule has 0 aliphatic carbocycles. The van der Waals surface area contributed by atoms with Crippen molar-refractivity contribution in [2.45, 2.75) is 4.90 Å². The zero-order valence-electron chi connectivity index (χ0n) is 16.4. The normalized spacial score (nSPS) is 11.3. The lowest BCUT2D eigenvalue weighted by Crippen LogP contribution is -2.29. The molecule has 14 heteroatoms. The van der Waals surface area contributed by atoms with Crippen LogP contribution >= 0.6 is 0 Å². The molecule has 1 aromatic carbocycles. The van der Waals surface area contributed by atoms with Gasteiger partial charge in [0.05, 0.1) is 10.5 Å². The van der Waals surface area contributed by atoms with E-state index in [1.54, 1.807) is 36.7 Å². The summed E-state index contributed by atoms with van der Waals surface area (Å²) in [6.45, 7) is 0.319. The lowest BCUT2D eigenvalue weighted by atomic mass is 10.2. The van der Waals surface area contributed by atoms with E-state index in [2.05, 4.69) is 51.2 Å². The Hall–Kier alpha value is -4.04. The van der Waals surface area contributed by atoms with Crippen LogP contribution < -0.4 is 15.4 Å². The van der Waals surface area contributed by atoms with Gasteiger partial charge >= 0.3 is 0 Å². The summed E-state index contributed by atoms with van der Waals surface area (Å²) in [6, 6.07) is 10.4. The van der Waals surface area contributed by atoms with E-state index in [0.29, 0.717) is 11.6 Å². The number of rotatable bonds is 9. The number of anilines is 3. The third-order valence-electron chi connectivity index (χ3n) is 4.17. The highest BCUT2D eigenvalue weighted by Gasteiger charge is 2.18. The van der Waals surface area contributed by atoms with Crippen molar-refractivity contribution in [1.29, 1.82) is 0 Å². The van der Waals surface area contributed by atoms with Crippen LogP contribution in [0.3, 0.4) is 0 Å². The molecule has 32 heavy (non-hydrogen) atoms. The zero-order valence-corrected chi connectivity index (χ0v) is 17.2. The fraction of sp³-hybridized carbons (Fsp3) is 0.111. The van der Waals surface area contributed by atoms with E-state index in [0.717, 1.165) is 23.9 Å². The molecule has 164 valence electrons. The standard InChI is InChI=1S/C18H17FN10O2S/c19-15-2-1-13(11-14(15)18-26-28-29-27-18)32(30,31)22-10-9-21-16-3-4-17(25-24-16)23-12-5-7-20-8-6-12/h1-8,11,22H,9-10H2,(H,21,24)(H,20,23,25)(H,26,27,28,29). The molecule has 0 amide bonds. The highest BCUT2D eigenvalue weighted by molar-refractivity contribution is 7.89. The first-order valence-electron chi connectivity index (χ1n) is 9.29. The van der Waals surface area contributed by atoms with Gasteiger partial charge in [-0.05, 0) is 47.7 Å². The number of halogens is 1. The number of nitrogens with zero attached hydrogens (tertiary/aromatic N) is 6. The quantitative estimate of drug-likeness (QED) is 0.270. The first-order chi connectivity index (χ1) is 15.5. The third-order valence-corrected chi connectivity index (χ3v) is 5.63. The minimum atomic E-state index is -3.88. The van der Waals surface area contributed by atoms with E-state index in [-0.39, 0.29) is 29.4 Å². The van der Waals surface area contributed by atoms with Crippen molar-refractivity contribution in [2.24, 2.45) is 0 Å². The Morgan fingerprint density at radius 2 is 1.72 bits per heavy atom. The van der Waals surface area contributed by atoms with Crippen molar-refractivity contribution in [3.05, 3.63) is 60.7 Å². The largest absolute Gasteiger partial charge is 0.367 e. The molecular formula is C18H17FN10O2S. The van der Waals surface area contributed by atoms with Gasteiger partial charge in [0.25, 0.3) is 0 Å². The van der Waals surface area contributed by atoms with Crippen LogP contribution in [0.5, 0.6) is 0 Å². The molecular weight excluding hydrogens is 439 g/mol. The van der Waals surface area contributed by atoms with Gasteiger partial charge in [-0.3, -0.25) is 4.98 Å².